The van der Waals surface area contributed by atoms with Crippen molar-refractivity contribution in [1.82, 2.24) is 5.32 Å². The molecule has 5 heteroatoms. The lowest BCUT2D eigenvalue weighted by Crippen LogP contribution is -2.32. The number of thioether (sulfide) groups is 1. The summed E-state index contributed by atoms with van der Waals surface area (Å²) in [6, 6.07) is 0.466. The van der Waals surface area contributed by atoms with E-state index in [1.165, 1.54) is 12.2 Å². The molecule has 0 bridgehead atoms. The van der Waals surface area contributed by atoms with Crippen LogP contribution in [-0.4, -0.2) is 44.0 Å². The molecule has 0 saturated heterocycles. The summed E-state index contributed by atoms with van der Waals surface area (Å²) in [5, 5.41) is 3.52. The number of hydrogen-bond donors (Lipinski definition) is 1. The first-order valence-electron chi connectivity index (χ1n) is 7.07. The van der Waals surface area contributed by atoms with Crippen molar-refractivity contribution < 1.29 is 8.42 Å². The molecule has 1 N–H and O–H groups in total. The molecule has 0 aromatic carbocycles. The zero-order chi connectivity index (χ0) is 13.9. The van der Waals surface area contributed by atoms with Gasteiger partial charge in [0.1, 0.15) is 9.84 Å². The van der Waals surface area contributed by atoms with Crippen molar-refractivity contribution in [3.05, 3.63) is 0 Å². The number of sulfone groups is 1. The van der Waals surface area contributed by atoms with Crippen LogP contribution in [0.3, 0.4) is 0 Å². The van der Waals surface area contributed by atoms with Crippen LogP contribution in [0, 0.1) is 0 Å². The minimum absolute atomic E-state index is 0.268. The van der Waals surface area contributed by atoms with Crippen molar-refractivity contribution in [2.45, 2.75) is 52.5 Å². The predicted molar refractivity (Wildman–Crippen MR) is 83.3 cm³/mol. The van der Waals surface area contributed by atoms with E-state index in [0.717, 1.165) is 31.6 Å². The lowest BCUT2D eigenvalue weighted by Gasteiger charge is -2.18. The van der Waals surface area contributed by atoms with Crippen molar-refractivity contribution in [2.75, 3.05) is 29.6 Å². The van der Waals surface area contributed by atoms with Gasteiger partial charge in [-0.1, -0.05) is 20.8 Å². The smallest absolute Gasteiger partial charge is 0.150 e. The molecule has 0 heterocycles. The maximum Gasteiger partial charge on any atom is 0.150 e. The van der Waals surface area contributed by atoms with Crippen molar-refractivity contribution in [3.63, 3.8) is 0 Å². The standard InChI is InChI=1S/C13H29NO2S2/c1-4-9-14-13(12-17-10-5-2)8-7-11-18(15,16)6-3/h13-14H,4-12H2,1-3H3. The molecule has 0 aliphatic heterocycles. The third-order valence-electron chi connectivity index (χ3n) is 2.80. The number of hydrogen-bond acceptors (Lipinski definition) is 4. The molecule has 0 aliphatic carbocycles. The predicted octanol–water partition coefficient (Wildman–Crippen LogP) is 2.71. The molecule has 18 heavy (non-hydrogen) atoms. The van der Waals surface area contributed by atoms with Gasteiger partial charge in [0, 0.05) is 17.5 Å². The fourth-order valence-corrected chi connectivity index (χ4v) is 3.58. The maximum absolute atomic E-state index is 11.4. The molecule has 3 nitrogen and oxygen atoms in total. The molecule has 0 radical (unpaired) electrons. The zero-order valence-corrected chi connectivity index (χ0v) is 13.7. The number of nitrogens with one attached hydrogen (secondary N) is 1. The van der Waals surface area contributed by atoms with Crippen molar-refractivity contribution in [1.29, 1.82) is 0 Å². The van der Waals surface area contributed by atoms with E-state index in [0.29, 0.717) is 11.8 Å². The van der Waals surface area contributed by atoms with Gasteiger partial charge in [-0.05, 0) is 38.0 Å². The van der Waals surface area contributed by atoms with E-state index in [9.17, 15) is 8.42 Å². The molecule has 1 atom stereocenters. The summed E-state index contributed by atoms with van der Waals surface area (Å²) in [6.45, 7) is 7.09. The van der Waals surface area contributed by atoms with Gasteiger partial charge >= 0.3 is 0 Å². The zero-order valence-electron chi connectivity index (χ0n) is 12.1. The van der Waals surface area contributed by atoms with Crippen LogP contribution in [0.2, 0.25) is 0 Å². The molecule has 110 valence electrons. The molecule has 0 aliphatic rings. The van der Waals surface area contributed by atoms with Gasteiger partial charge in [0.2, 0.25) is 0 Å². The summed E-state index contributed by atoms with van der Waals surface area (Å²) >= 11 is 1.96. The Morgan fingerprint density at radius 1 is 1.17 bits per heavy atom. The minimum atomic E-state index is -2.80. The largest absolute Gasteiger partial charge is 0.313 e. The third-order valence-corrected chi connectivity index (χ3v) is 5.92. The quantitative estimate of drug-likeness (QED) is 0.562. The lowest BCUT2D eigenvalue weighted by atomic mass is 10.2. The summed E-state index contributed by atoms with van der Waals surface area (Å²) in [6.07, 6.45) is 4.08. The molecule has 0 fully saturated rings. The normalized spacial score (nSPS) is 13.7. The molecule has 0 spiro atoms. The van der Waals surface area contributed by atoms with Crippen LogP contribution in [0.1, 0.15) is 46.5 Å². The third kappa shape index (κ3) is 10.2. The second-order valence-electron chi connectivity index (χ2n) is 4.60. The molecular weight excluding hydrogens is 266 g/mol. The van der Waals surface area contributed by atoms with E-state index >= 15 is 0 Å². The first kappa shape index (κ1) is 18.3. The van der Waals surface area contributed by atoms with Gasteiger partial charge in [-0.3, -0.25) is 0 Å². The SMILES string of the molecule is CCCNC(CCCS(=O)(=O)CC)CSCCC. The maximum atomic E-state index is 11.4. The summed E-state index contributed by atoms with van der Waals surface area (Å²) in [7, 11) is -2.80. The average Bonchev–Trinajstić information content (AvgIpc) is 2.35. The van der Waals surface area contributed by atoms with Crippen molar-refractivity contribution in [3.8, 4) is 0 Å². The van der Waals surface area contributed by atoms with Crippen LogP contribution in [-0.2, 0) is 9.84 Å². The first-order chi connectivity index (χ1) is 8.55. The Bertz CT molecular complexity index is 279. The molecule has 1 unspecified atom stereocenters. The molecule has 0 amide bonds. The van der Waals surface area contributed by atoms with Crippen LogP contribution in [0.4, 0.5) is 0 Å². The van der Waals surface area contributed by atoms with Gasteiger partial charge in [0.25, 0.3) is 0 Å². The molecule has 0 rings (SSSR count). The van der Waals surface area contributed by atoms with Gasteiger partial charge < -0.3 is 5.32 Å². The summed E-state index contributed by atoms with van der Waals surface area (Å²) in [5.41, 5.74) is 0. The first-order valence-corrected chi connectivity index (χ1v) is 10.0. The highest BCUT2D eigenvalue weighted by Gasteiger charge is 2.11. The van der Waals surface area contributed by atoms with Crippen molar-refractivity contribution >= 4 is 21.6 Å². The van der Waals surface area contributed by atoms with E-state index in [2.05, 4.69) is 19.2 Å². The highest BCUT2D eigenvalue weighted by molar-refractivity contribution is 7.99. The fraction of sp³-hybridized carbons (Fsp3) is 1.00. The highest BCUT2D eigenvalue weighted by atomic mass is 32.2. The van der Waals surface area contributed by atoms with Crippen LogP contribution in [0.15, 0.2) is 0 Å². The summed E-state index contributed by atoms with van der Waals surface area (Å²) < 4.78 is 22.9. The monoisotopic (exact) mass is 295 g/mol. The fourth-order valence-electron chi connectivity index (χ4n) is 1.66. The van der Waals surface area contributed by atoms with E-state index in [1.54, 1.807) is 6.92 Å². The summed E-state index contributed by atoms with van der Waals surface area (Å²) in [5.74, 6) is 2.90. The van der Waals surface area contributed by atoms with Gasteiger partial charge in [-0.2, -0.15) is 11.8 Å². The highest BCUT2D eigenvalue weighted by Crippen LogP contribution is 2.10. The van der Waals surface area contributed by atoms with Crippen LogP contribution in [0.5, 0.6) is 0 Å². The Labute approximate surface area is 117 Å². The average molecular weight is 296 g/mol. The minimum Gasteiger partial charge on any atom is -0.313 e. The van der Waals surface area contributed by atoms with E-state index in [1.807, 2.05) is 11.8 Å². The topological polar surface area (TPSA) is 46.2 Å². The van der Waals surface area contributed by atoms with Crippen molar-refractivity contribution in [2.24, 2.45) is 0 Å². The van der Waals surface area contributed by atoms with Gasteiger partial charge in [0.05, 0.1) is 5.75 Å². The van der Waals surface area contributed by atoms with Gasteiger partial charge in [0.15, 0.2) is 0 Å². The Morgan fingerprint density at radius 2 is 1.89 bits per heavy atom. The van der Waals surface area contributed by atoms with Crippen LogP contribution >= 0.6 is 11.8 Å². The Morgan fingerprint density at radius 3 is 2.44 bits per heavy atom. The van der Waals surface area contributed by atoms with E-state index in [4.69, 9.17) is 0 Å². The lowest BCUT2D eigenvalue weighted by molar-refractivity contribution is 0.512. The Hall–Kier alpha value is 0.260. The van der Waals surface area contributed by atoms with Crippen LogP contribution < -0.4 is 5.32 Å². The van der Waals surface area contributed by atoms with Gasteiger partial charge in [-0.15, -0.1) is 0 Å². The molecule has 0 aromatic heterocycles. The molecule has 0 aromatic rings. The van der Waals surface area contributed by atoms with Gasteiger partial charge in [-0.25, -0.2) is 8.42 Å². The Kier molecular flexibility index (Phi) is 11.3. The molecule has 0 saturated carbocycles. The second kappa shape index (κ2) is 11.1. The molecular formula is C13H29NO2S2. The summed E-state index contributed by atoms with van der Waals surface area (Å²) in [4.78, 5) is 0. The Balaban J connectivity index is 3.91. The second-order valence-corrected chi connectivity index (χ2v) is 8.23. The number of rotatable bonds is 12. The van der Waals surface area contributed by atoms with Crippen LogP contribution in [0.25, 0.3) is 0 Å². The van der Waals surface area contributed by atoms with E-state index in [-0.39, 0.29) is 5.75 Å². The van der Waals surface area contributed by atoms with E-state index < -0.39 is 9.84 Å².